The van der Waals surface area contributed by atoms with Gasteiger partial charge in [-0.1, -0.05) is 6.42 Å². The Hall–Kier alpha value is -1.27. The van der Waals surface area contributed by atoms with E-state index in [9.17, 15) is 4.79 Å². The van der Waals surface area contributed by atoms with Gasteiger partial charge in [-0.3, -0.25) is 9.88 Å². The first-order chi connectivity index (χ1) is 11.3. The van der Waals surface area contributed by atoms with Crippen LogP contribution in [0.15, 0.2) is 24.5 Å². The van der Waals surface area contributed by atoms with Crippen LogP contribution in [0.5, 0.6) is 0 Å². The van der Waals surface area contributed by atoms with E-state index < -0.39 is 0 Å². The van der Waals surface area contributed by atoms with Gasteiger partial charge < -0.3 is 10.2 Å². The van der Waals surface area contributed by atoms with Gasteiger partial charge in [0, 0.05) is 56.4 Å². The van der Waals surface area contributed by atoms with Crippen molar-refractivity contribution in [2.45, 2.75) is 37.1 Å². The standard InChI is InChI=1S/C17H26N4OS/c1-23-16-4-2-3-15(16)19-17(22)21-11-9-20(10-12-21)13-14-5-7-18-8-6-14/h5-8,15-16H,2-4,9-13H2,1H3,(H,19,22)/t15-,16-/m1/s1. The maximum absolute atomic E-state index is 12.5. The fourth-order valence-electron chi connectivity index (χ4n) is 3.48. The first kappa shape index (κ1) is 16.6. The van der Waals surface area contributed by atoms with Gasteiger partial charge in [0.15, 0.2) is 0 Å². The van der Waals surface area contributed by atoms with E-state index in [1.54, 1.807) is 0 Å². The van der Waals surface area contributed by atoms with E-state index in [0.29, 0.717) is 11.3 Å². The Morgan fingerprint density at radius 1 is 1.26 bits per heavy atom. The number of pyridine rings is 1. The second-order valence-electron chi connectivity index (χ2n) is 6.38. The molecule has 5 nitrogen and oxygen atoms in total. The lowest BCUT2D eigenvalue weighted by Gasteiger charge is -2.35. The maximum atomic E-state index is 12.5. The first-order valence-corrected chi connectivity index (χ1v) is 9.74. The molecule has 126 valence electrons. The summed E-state index contributed by atoms with van der Waals surface area (Å²) in [7, 11) is 0. The van der Waals surface area contributed by atoms with Gasteiger partial charge >= 0.3 is 6.03 Å². The molecule has 2 heterocycles. The van der Waals surface area contributed by atoms with Crippen LogP contribution in [0.3, 0.4) is 0 Å². The van der Waals surface area contributed by atoms with E-state index >= 15 is 0 Å². The topological polar surface area (TPSA) is 48.5 Å². The Balaban J connectivity index is 1.44. The summed E-state index contributed by atoms with van der Waals surface area (Å²) in [4.78, 5) is 20.9. The third-order valence-corrected chi connectivity index (χ3v) is 6.05. The van der Waals surface area contributed by atoms with Crippen LogP contribution in [0.4, 0.5) is 4.79 Å². The van der Waals surface area contributed by atoms with E-state index in [0.717, 1.165) is 39.1 Å². The minimum absolute atomic E-state index is 0.125. The van der Waals surface area contributed by atoms with Crippen LogP contribution in [0.1, 0.15) is 24.8 Å². The highest BCUT2D eigenvalue weighted by atomic mass is 32.2. The van der Waals surface area contributed by atoms with Crippen LogP contribution >= 0.6 is 11.8 Å². The van der Waals surface area contributed by atoms with Crippen molar-refractivity contribution >= 4 is 17.8 Å². The number of nitrogens with one attached hydrogen (secondary N) is 1. The molecular formula is C17H26N4OS. The van der Waals surface area contributed by atoms with Crippen molar-refractivity contribution < 1.29 is 4.79 Å². The summed E-state index contributed by atoms with van der Waals surface area (Å²) in [5, 5.41) is 3.84. The van der Waals surface area contributed by atoms with Crippen LogP contribution in [0, 0.1) is 0 Å². The summed E-state index contributed by atoms with van der Waals surface area (Å²) in [6.45, 7) is 4.44. The lowest BCUT2D eigenvalue weighted by molar-refractivity contribution is 0.133. The number of hydrogen-bond acceptors (Lipinski definition) is 4. The van der Waals surface area contributed by atoms with Gasteiger partial charge in [0.25, 0.3) is 0 Å². The summed E-state index contributed by atoms with van der Waals surface area (Å²) in [6, 6.07) is 4.59. The highest BCUT2D eigenvalue weighted by Gasteiger charge is 2.30. The SMILES string of the molecule is CS[C@@H]1CCC[C@H]1NC(=O)N1CCN(Cc2ccncc2)CC1. The zero-order valence-corrected chi connectivity index (χ0v) is 14.6. The third kappa shape index (κ3) is 4.38. The molecule has 1 aromatic rings. The van der Waals surface area contributed by atoms with Gasteiger partial charge in [-0.25, -0.2) is 4.79 Å². The van der Waals surface area contributed by atoms with Crippen LogP contribution in [0.2, 0.25) is 0 Å². The molecule has 0 unspecified atom stereocenters. The molecule has 1 aromatic heterocycles. The van der Waals surface area contributed by atoms with Crippen LogP contribution in [-0.4, -0.2) is 64.5 Å². The predicted molar refractivity (Wildman–Crippen MR) is 94.6 cm³/mol. The Bertz CT molecular complexity index is 505. The fourth-order valence-corrected chi connectivity index (χ4v) is 4.41. The number of urea groups is 1. The fraction of sp³-hybridized carbons (Fsp3) is 0.647. The summed E-state index contributed by atoms with van der Waals surface area (Å²) >= 11 is 1.88. The molecule has 1 saturated heterocycles. The number of amides is 2. The smallest absolute Gasteiger partial charge is 0.317 e. The molecule has 0 aromatic carbocycles. The number of piperazine rings is 1. The molecule has 1 N–H and O–H groups in total. The number of hydrogen-bond donors (Lipinski definition) is 1. The molecular weight excluding hydrogens is 308 g/mol. The monoisotopic (exact) mass is 334 g/mol. The van der Waals surface area contributed by atoms with Crippen molar-refractivity contribution in [1.82, 2.24) is 20.1 Å². The third-order valence-electron chi connectivity index (χ3n) is 4.88. The largest absolute Gasteiger partial charge is 0.334 e. The molecule has 1 aliphatic carbocycles. The molecule has 1 aliphatic heterocycles. The number of carbonyl (C=O) groups is 1. The average Bonchev–Trinajstić information content (AvgIpc) is 3.03. The number of rotatable bonds is 4. The van der Waals surface area contributed by atoms with Crippen molar-refractivity contribution in [3.8, 4) is 0 Å². The molecule has 2 fully saturated rings. The molecule has 23 heavy (non-hydrogen) atoms. The summed E-state index contributed by atoms with van der Waals surface area (Å²) in [6.07, 6.45) is 9.40. The summed E-state index contributed by atoms with van der Waals surface area (Å²) < 4.78 is 0. The molecule has 2 atom stereocenters. The minimum atomic E-state index is 0.125. The van der Waals surface area contributed by atoms with Gasteiger partial charge in [0.05, 0.1) is 0 Å². The van der Waals surface area contributed by atoms with E-state index in [1.165, 1.54) is 18.4 Å². The lowest BCUT2D eigenvalue weighted by Crippen LogP contribution is -2.53. The second kappa shape index (κ2) is 8.02. The molecule has 1 saturated carbocycles. The number of thioether (sulfide) groups is 1. The Labute approximate surface area is 142 Å². The van der Waals surface area contributed by atoms with Crippen molar-refractivity contribution in [2.24, 2.45) is 0 Å². The maximum Gasteiger partial charge on any atom is 0.317 e. The van der Waals surface area contributed by atoms with Crippen LogP contribution < -0.4 is 5.32 Å². The van der Waals surface area contributed by atoms with Crippen molar-refractivity contribution in [1.29, 1.82) is 0 Å². The quantitative estimate of drug-likeness (QED) is 0.917. The second-order valence-corrected chi connectivity index (χ2v) is 7.46. The number of aromatic nitrogens is 1. The van der Waals surface area contributed by atoms with Crippen molar-refractivity contribution in [3.63, 3.8) is 0 Å². The number of nitrogens with zero attached hydrogens (tertiary/aromatic N) is 3. The highest BCUT2D eigenvalue weighted by molar-refractivity contribution is 7.99. The van der Waals surface area contributed by atoms with Crippen molar-refractivity contribution in [3.05, 3.63) is 30.1 Å². The van der Waals surface area contributed by atoms with E-state index in [2.05, 4.69) is 33.6 Å². The zero-order chi connectivity index (χ0) is 16.1. The molecule has 6 heteroatoms. The van der Waals surface area contributed by atoms with Gasteiger partial charge in [0.1, 0.15) is 0 Å². The number of carbonyl (C=O) groups excluding carboxylic acids is 1. The van der Waals surface area contributed by atoms with Gasteiger partial charge in [0.2, 0.25) is 0 Å². The first-order valence-electron chi connectivity index (χ1n) is 8.46. The van der Waals surface area contributed by atoms with E-state index in [1.807, 2.05) is 29.1 Å². The summed E-state index contributed by atoms with van der Waals surface area (Å²) in [5.74, 6) is 0. The molecule has 2 amide bonds. The Kier molecular flexibility index (Phi) is 5.78. The summed E-state index contributed by atoms with van der Waals surface area (Å²) in [5.41, 5.74) is 1.28. The predicted octanol–water partition coefficient (Wildman–Crippen LogP) is 2.19. The average molecular weight is 334 g/mol. The van der Waals surface area contributed by atoms with Crippen LogP contribution in [0.25, 0.3) is 0 Å². The highest BCUT2D eigenvalue weighted by Crippen LogP contribution is 2.28. The zero-order valence-electron chi connectivity index (χ0n) is 13.8. The molecule has 2 aliphatic rings. The van der Waals surface area contributed by atoms with Gasteiger partial charge in [-0.15, -0.1) is 0 Å². The molecule has 0 radical (unpaired) electrons. The van der Waals surface area contributed by atoms with Crippen LogP contribution in [-0.2, 0) is 6.54 Å². The Morgan fingerprint density at radius 2 is 2.00 bits per heavy atom. The normalized spacial score (nSPS) is 25.5. The molecule has 0 spiro atoms. The van der Waals surface area contributed by atoms with Crippen molar-refractivity contribution in [2.75, 3.05) is 32.4 Å². The van der Waals surface area contributed by atoms with E-state index in [4.69, 9.17) is 0 Å². The minimum Gasteiger partial charge on any atom is -0.334 e. The Morgan fingerprint density at radius 3 is 2.70 bits per heavy atom. The molecule has 0 bridgehead atoms. The van der Waals surface area contributed by atoms with Gasteiger partial charge in [-0.2, -0.15) is 11.8 Å². The van der Waals surface area contributed by atoms with Gasteiger partial charge in [-0.05, 0) is 36.8 Å². The molecule has 3 rings (SSSR count). The lowest BCUT2D eigenvalue weighted by atomic mass is 10.2. The van der Waals surface area contributed by atoms with E-state index in [-0.39, 0.29) is 6.03 Å².